The minimum atomic E-state index is 0.0802. The van der Waals surface area contributed by atoms with Crippen molar-refractivity contribution in [3.05, 3.63) is 35.4 Å². The number of amides is 1. The maximum atomic E-state index is 12.2. The van der Waals surface area contributed by atoms with E-state index < -0.39 is 0 Å². The third-order valence-corrected chi connectivity index (χ3v) is 3.81. The van der Waals surface area contributed by atoms with Gasteiger partial charge in [-0.05, 0) is 43.0 Å². The summed E-state index contributed by atoms with van der Waals surface area (Å²) in [5.41, 5.74) is 1.26. The highest BCUT2D eigenvalue weighted by molar-refractivity contribution is 9.09. The molecular formula is C14H15BrN2O. The Morgan fingerprint density at radius 1 is 1.44 bits per heavy atom. The molecule has 3 nitrogen and oxygen atoms in total. The Bertz CT molecular complexity index is 464. The predicted molar refractivity (Wildman–Crippen MR) is 73.6 cm³/mol. The number of carbonyl (C=O) groups excluding carboxylic acids is 1. The second-order valence-corrected chi connectivity index (χ2v) is 5.37. The van der Waals surface area contributed by atoms with Gasteiger partial charge in [-0.15, -0.1) is 0 Å². The van der Waals surface area contributed by atoms with Gasteiger partial charge in [0.2, 0.25) is 0 Å². The average Bonchev–Trinajstić information content (AvgIpc) is 2.87. The number of rotatable bonds is 3. The predicted octanol–water partition coefficient (Wildman–Crippen LogP) is 2.81. The summed E-state index contributed by atoms with van der Waals surface area (Å²) >= 11 is 3.44. The van der Waals surface area contributed by atoms with Crippen molar-refractivity contribution in [1.29, 1.82) is 5.26 Å². The van der Waals surface area contributed by atoms with Crippen LogP contribution >= 0.6 is 15.9 Å². The van der Waals surface area contributed by atoms with Crippen molar-refractivity contribution >= 4 is 21.8 Å². The van der Waals surface area contributed by atoms with E-state index in [-0.39, 0.29) is 5.91 Å². The molecule has 1 fully saturated rings. The minimum absolute atomic E-state index is 0.0802. The number of hydrogen-bond acceptors (Lipinski definition) is 2. The van der Waals surface area contributed by atoms with Crippen LogP contribution in [0.5, 0.6) is 0 Å². The molecule has 18 heavy (non-hydrogen) atoms. The van der Waals surface area contributed by atoms with E-state index in [0.717, 1.165) is 31.3 Å². The van der Waals surface area contributed by atoms with Gasteiger partial charge in [-0.25, -0.2) is 0 Å². The first-order valence-corrected chi connectivity index (χ1v) is 7.22. The third-order valence-electron chi connectivity index (χ3n) is 3.35. The number of hydrogen-bond donors (Lipinski definition) is 0. The van der Waals surface area contributed by atoms with Crippen LogP contribution < -0.4 is 0 Å². The lowest BCUT2D eigenvalue weighted by atomic mass is 10.1. The summed E-state index contributed by atoms with van der Waals surface area (Å²) in [5.74, 6) is 0.697. The molecule has 1 aliphatic heterocycles. The van der Waals surface area contributed by atoms with Crippen molar-refractivity contribution in [2.45, 2.75) is 12.8 Å². The average molecular weight is 307 g/mol. The van der Waals surface area contributed by atoms with Gasteiger partial charge in [0.1, 0.15) is 0 Å². The Labute approximate surface area is 116 Å². The maximum absolute atomic E-state index is 12.2. The molecule has 4 heteroatoms. The van der Waals surface area contributed by atoms with Crippen molar-refractivity contribution < 1.29 is 4.79 Å². The third kappa shape index (κ3) is 2.91. The van der Waals surface area contributed by atoms with Gasteiger partial charge in [0.15, 0.2) is 0 Å². The van der Waals surface area contributed by atoms with Crippen LogP contribution in [0.2, 0.25) is 0 Å². The normalized spacial score (nSPS) is 18.7. The summed E-state index contributed by atoms with van der Waals surface area (Å²) in [6.07, 6.45) is 2.21. The minimum Gasteiger partial charge on any atom is -0.338 e. The number of benzene rings is 1. The molecule has 1 saturated heterocycles. The first-order chi connectivity index (χ1) is 8.74. The lowest BCUT2D eigenvalue weighted by Gasteiger charge is -2.16. The van der Waals surface area contributed by atoms with Gasteiger partial charge in [-0.2, -0.15) is 5.26 Å². The van der Waals surface area contributed by atoms with Crippen LogP contribution in [0.15, 0.2) is 24.3 Å². The van der Waals surface area contributed by atoms with Gasteiger partial charge in [0, 0.05) is 24.0 Å². The number of nitriles is 1. The van der Waals surface area contributed by atoms with E-state index in [1.807, 2.05) is 4.90 Å². The summed E-state index contributed by atoms with van der Waals surface area (Å²) < 4.78 is 0. The molecule has 0 N–H and O–H groups in total. The molecule has 1 aromatic carbocycles. The topological polar surface area (TPSA) is 44.1 Å². The molecule has 0 spiro atoms. The number of nitrogens with zero attached hydrogens (tertiary/aromatic N) is 2. The van der Waals surface area contributed by atoms with E-state index in [2.05, 4.69) is 22.0 Å². The monoisotopic (exact) mass is 306 g/mol. The smallest absolute Gasteiger partial charge is 0.253 e. The fourth-order valence-corrected chi connectivity index (χ4v) is 2.92. The molecule has 1 atom stereocenters. The highest BCUT2D eigenvalue weighted by Crippen LogP contribution is 2.22. The fourth-order valence-electron chi connectivity index (χ4n) is 2.28. The van der Waals surface area contributed by atoms with Crippen molar-refractivity contribution in [3.8, 4) is 6.07 Å². The summed E-state index contributed by atoms with van der Waals surface area (Å²) in [7, 11) is 0. The molecule has 1 aromatic rings. The van der Waals surface area contributed by atoms with Crippen molar-refractivity contribution in [3.63, 3.8) is 0 Å². The Morgan fingerprint density at radius 3 is 2.78 bits per heavy atom. The lowest BCUT2D eigenvalue weighted by Crippen LogP contribution is -2.28. The van der Waals surface area contributed by atoms with E-state index in [4.69, 9.17) is 5.26 Å². The van der Waals surface area contributed by atoms with Crippen LogP contribution in [0, 0.1) is 17.2 Å². The molecule has 94 valence electrons. The molecule has 1 unspecified atom stereocenters. The second kappa shape index (κ2) is 6.01. The van der Waals surface area contributed by atoms with Crippen molar-refractivity contribution in [2.75, 3.05) is 18.4 Å². The van der Waals surface area contributed by atoms with Gasteiger partial charge < -0.3 is 4.90 Å². The first kappa shape index (κ1) is 13.1. The van der Waals surface area contributed by atoms with Gasteiger partial charge in [-0.3, -0.25) is 4.79 Å². The summed E-state index contributed by atoms with van der Waals surface area (Å²) in [4.78, 5) is 14.1. The van der Waals surface area contributed by atoms with Gasteiger partial charge >= 0.3 is 0 Å². The maximum Gasteiger partial charge on any atom is 0.253 e. The van der Waals surface area contributed by atoms with Crippen LogP contribution in [0.1, 0.15) is 28.8 Å². The first-order valence-electron chi connectivity index (χ1n) is 6.10. The molecule has 1 heterocycles. The van der Waals surface area contributed by atoms with Crippen LogP contribution in [0.25, 0.3) is 0 Å². The molecular weight excluding hydrogens is 292 g/mol. The zero-order valence-electron chi connectivity index (χ0n) is 10.1. The van der Waals surface area contributed by atoms with E-state index in [9.17, 15) is 4.79 Å². The summed E-state index contributed by atoms with van der Waals surface area (Å²) in [6.45, 7) is 1.70. The van der Waals surface area contributed by atoms with Crippen molar-refractivity contribution in [1.82, 2.24) is 4.90 Å². The number of likely N-dealkylation sites (tertiary alicyclic amines) is 1. The molecule has 0 aromatic heterocycles. The van der Waals surface area contributed by atoms with Gasteiger partial charge in [0.05, 0.1) is 11.6 Å². The number of alkyl halides is 1. The van der Waals surface area contributed by atoms with E-state index >= 15 is 0 Å². The highest BCUT2D eigenvalue weighted by atomic mass is 79.9. The van der Waals surface area contributed by atoms with Crippen LogP contribution in [0.4, 0.5) is 0 Å². The van der Waals surface area contributed by atoms with Crippen LogP contribution in [-0.4, -0.2) is 29.2 Å². The van der Waals surface area contributed by atoms with E-state index in [0.29, 0.717) is 17.0 Å². The largest absolute Gasteiger partial charge is 0.338 e. The van der Waals surface area contributed by atoms with Gasteiger partial charge in [-0.1, -0.05) is 15.9 Å². The molecule has 2 rings (SSSR count). The lowest BCUT2D eigenvalue weighted by molar-refractivity contribution is 0.0787. The summed E-state index contributed by atoms with van der Waals surface area (Å²) in [6, 6.07) is 8.91. The molecule has 1 aliphatic rings. The van der Waals surface area contributed by atoms with Crippen molar-refractivity contribution in [2.24, 2.45) is 5.92 Å². The van der Waals surface area contributed by atoms with E-state index in [1.54, 1.807) is 24.3 Å². The Kier molecular flexibility index (Phi) is 4.38. The zero-order valence-corrected chi connectivity index (χ0v) is 11.7. The Morgan fingerprint density at radius 2 is 2.17 bits per heavy atom. The Hall–Kier alpha value is -1.34. The quantitative estimate of drug-likeness (QED) is 0.806. The van der Waals surface area contributed by atoms with Crippen LogP contribution in [0.3, 0.4) is 0 Å². The SMILES string of the molecule is N#Cc1ccc(C(=O)N2CCC(CCBr)C2)cc1. The summed E-state index contributed by atoms with van der Waals surface area (Å²) in [5, 5.41) is 9.72. The molecule has 0 aliphatic carbocycles. The fraction of sp³-hybridized carbons (Fsp3) is 0.429. The zero-order chi connectivity index (χ0) is 13.0. The molecule has 0 radical (unpaired) electrons. The number of halogens is 1. The standard InChI is InChI=1S/C14H15BrN2O/c15-7-5-12-6-8-17(10-12)14(18)13-3-1-11(9-16)2-4-13/h1-4,12H,5-8,10H2. The highest BCUT2D eigenvalue weighted by Gasteiger charge is 2.26. The van der Waals surface area contributed by atoms with Crippen LogP contribution in [-0.2, 0) is 0 Å². The Balaban J connectivity index is 2.01. The van der Waals surface area contributed by atoms with Gasteiger partial charge in [0.25, 0.3) is 5.91 Å². The molecule has 0 saturated carbocycles. The second-order valence-electron chi connectivity index (χ2n) is 4.57. The molecule has 0 bridgehead atoms. The van der Waals surface area contributed by atoms with E-state index in [1.165, 1.54) is 0 Å². The number of carbonyl (C=O) groups is 1. The molecule has 1 amide bonds.